The molecule has 0 unspecified atom stereocenters. The summed E-state index contributed by atoms with van der Waals surface area (Å²) in [5, 5.41) is 17.6. The van der Waals surface area contributed by atoms with Gasteiger partial charge in [0.1, 0.15) is 22.3 Å². The Balaban J connectivity index is 1.76. The van der Waals surface area contributed by atoms with E-state index in [1.165, 1.54) is 10.4 Å². The average Bonchev–Trinajstić information content (AvgIpc) is 3.27. The summed E-state index contributed by atoms with van der Waals surface area (Å²) in [4.78, 5) is 5.51. The molecule has 7 nitrogen and oxygen atoms in total. The van der Waals surface area contributed by atoms with Crippen molar-refractivity contribution in [2.75, 3.05) is 12.1 Å². The highest BCUT2D eigenvalue weighted by atomic mass is 35.5. The van der Waals surface area contributed by atoms with Crippen LogP contribution < -0.4 is 9.75 Å². The number of rotatable bonds is 4. The second-order valence-corrected chi connectivity index (χ2v) is 9.19. The Bertz CT molecular complexity index is 1340. The summed E-state index contributed by atoms with van der Waals surface area (Å²) < 4.78 is 7.63. The molecule has 9 heteroatoms. The molecule has 4 aromatic rings. The smallest absolute Gasteiger partial charge is 0.253 e. The number of ether oxygens (including phenoxy) is 1. The Kier molecular flexibility index (Phi) is 5.19. The summed E-state index contributed by atoms with van der Waals surface area (Å²) in [6, 6.07) is 9.62. The minimum absolute atomic E-state index is 0.430. The van der Waals surface area contributed by atoms with E-state index in [2.05, 4.69) is 33.6 Å². The first-order valence-electron chi connectivity index (χ1n) is 10.1. The molecule has 0 amide bonds. The highest BCUT2D eigenvalue weighted by Crippen LogP contribution is 2.39. The largest absolute Gasteiger partial charge is 0.496 e. The van der Waals surface area contributed by atoms with Gasteiger partial charge in [-0.25, -0.2) is 5.01 Å². The van der Waals surface area contributed by atoms with E-state index in [4.69, 9.17) is 21.4 Å². The molecule has 0 saturated carbocycles. The number of hydrazone groups is 1. The maximum atomic E-state index is 6.17. The molecule has 0 aliphatic carbocycles. The lowest BCUT2D eigenvalue weighted by atomic mass is 10.00. The lowest BCUT2D eigenvalue weighted by Crippen LogP contribution is -2.21. The lowest BCUT2D eigenvalue weighted by Gasteiger charge is -2.19. The maximum Gasteiger partial charge on any atom is 0.253 e. The van der Waals surface area contributed by atoms with Crippen LogP contribution in [0.2, 0.25) is 5.02 Å². The van der Waals surface area contributed by atoms with Crippen LogP contribution in [0, 0.1) is 20.8 Å². The first-order chi connectivity index (χ1) is 15.5. The van der Waals surface area contributed by atoms with Gasteiger partial charge in [-0.1, -0.05) is 23.7 Å². The van der Waals surface area contributed by atoms with Crippen LogP contribution >= 0.6 is 22.9 Å². The first kappa shape index (κ1) is 20.7. The van der Waals surface area contributed by atoms with E-state index in [1.807, 2.05) is 42.3 Å². The maximum absolute atomic E-state index is 6.17. The van der Waals surface area contributed by atoms with E-state index in [-0.39, 0.29) is 0 Å². The van der Waals surface area contributed by atoms with Crippen molar-refractivity contribution < 1.29 is 4.74 Å². The minimum Gasteiger partial charge on any atom is -0.496 e. The number of pyridine rings is 1. The summed E-state index contributed by atoms with van der Waals surface area (Å²) in [5.41, 5.74) is 5.03. The number of aryl methyl sites for hydroxylation is 2. The average molecular weight is 465 g/mol. The topological polar surface area (TPSA) is 68.4 Å². The molecular formula is C23H21ClN6OS. The van der Waals surface area contributed by atoms with Crippen LogP contribution in [0.3, 0.4) is 0 Å². The quantitative estimate of drug-likeness (QED) is 0.421. The molecule has 0 N–H and O–H groups in total. The Morgan fingerprint density at radius 2 is 1.84 bits per heavy atom. The zero-order valence-electron chi connectivity index (χ0n) is 18.1. The summed E-state index contributed by atoms with van der Waals surface area (Å²) >= 11 is 7.89. The van der Waals surface area contributed by atoms with Gasteiger partial charge in [0, 0.05) is 39.0 Å². The Morgan fingerprint density at radius 1 is 1.06 bits per heavy atom. The summed E-state index contributed by atoms with van der Waals surface area (Å²) in [5.74, 6) is 2.20. The third kappa shape index (κ3) is 3.36. The normalized spacial score (nSPS) is 12.8. The number of halogens is 1. The zero-order chi connectivity index (χ0) is 22.4. The molecule has 0 fully saturated rings. The fourth-order valence-corrected chi connectivity index (χ4v) is 5.15. The fraction of sp³-hybridized carbons (Fsp3) is 0.217. The highest BCUT2D eigenvalue weighted by molar-refractivity contribution is 7.15. The van der Waals surface area contributed by atoms with Crippen LogP contribution in [0.5, 0.6) is 5.75 Å². The highest BCUT2D eigenvalue weighted by Gasteiger charge is 2.30. The molecule has 0 spiro atoms. The van der Waals surface area contributed by atoms with Crippen molar-refractivity contribution in [2.24, 2.45) is 5.10 Å². The van der Waals surface area contributed by atoms with Gasteiger partial charge < -0.3 is 4.74 Å². The Morgan fingerprint density at radius 3 is 2.59 bits per heavy atom. The molecule has 1 aliphatic heterocycles. The second kappa shape index (κ2) is 8.03. The van der Waals surface area contributed by atoms with Gasteiger partial charge in [0.15, 0.2) is 0 Å². The zero-order valence-corrected chi connectivity index (χ0v) is 19.7. The SMILES string of the molecule is COc1ccncc1CN1N=C(c2ccc(Cl)cc2)c2c(sc(C)c2C)-n2c(C)nnc21. The van der Waals surface area contributed by atoms with Gasteiger partial charge in [-0.2, -0.15) is 5.10 Å². The predicted octanol–water partition coefficient (Wildman–Crippen LogP) is 5.08. The number of hydrogen-bond acceptors (Lipinski definition) is 7. The van der Waals surface area contributed by atoms with Crippen LogP contribution in [0.15, 0.2) is 47.8 Å². The number of methoxy groups -OCH3 is 1. The van der Waals surface area contributed by atoms with Crippen molar-refractivity contribution in [3.63, 3.8) is 0 Å². The Hall–Kier alpha value is -3.23. The molecule has 1 aliphatic rings. The number of hydrogen-bond donors (Lipinski definition) is 0. The number of benzene rings is 1. The van der Waals surface area contributed by atoms with Crippen LogP contribution in [-0.2, 0) is 6.54 Å². The van der Waals surface area contributed by atoms with Crippen molar-refractivity contribution in [3.8, 4) is 10.8 Å². The number of fused-ring (bicyclic) bond motifs is 3. The van der Waals surface area contributed by atoms with Gasteiger partial charge in [-0.15, -0.1) is 21.5 Å². The molecule has 0 atom stereocenters. The van der Waals surface area contributed by atoms with E-state index in [1.54, 1.807) is 30.8 Å². The van der Waals surface area contributed by atoms with Crippen molar-refractivity contribution in [2.45, 2.75) is 27.3 Å². The van der Waals surface area contributed by atoms with E-state index in [0.29, 0.717) is 17.5 Å². The van der Waals surface area contributed by atoms with Gasteiger partial charge in [0.05, 0.1) is 13.7 Å². The van der Waals surface area contributed by atoms with E-state index in [0.717, 1.165) is 39.0 Å². The molecule has 162 valence electrons. The number of anilines is 1. The van der Waals surface area contributed by atoms with Crippen molar-refractivity contribution in [3.05, 3.63) is 80.7 Å². The van der Waals surface area contributed by atoms with E-state index in [9.17, 15) is 0 Å². The van der Waals surface area contributed by atoms with Crippen LogP contribution in [0.1, 0.15) is 33.0 Å². The van der Waals surface area contributed by atoms with Crippen LogP contribution in [-0.4, -0.2) is 32.6 Å². The standard InChI is InChI=1S/C23H21ClN6OS/c1-13-14(2)32-22-20(13)21(16-5-7-18(24)8-6-16)28-29(23-27-26-15(3)30(22)23)12-17-11-25-10-9-19(17)31-4/h5-11H,12H2,1-4H3. The molecule has 1 aromatic carbocycles. The fourth-order valence-electron chi connectivity index (χ4n) is 3.83. The van der Waals surface area contributed by atoms with Gasteiger partial charge >= 0.3 is 0 Å². The van der Waals surface area contributed by atoms with E-state index >= 15 is 0 Å². The van der Waals surface area contributed by atoms with Crippen LogP contribution in [0.25, 0.3) is 5.00 Å². The third-order valence-corrected chi connectivity index (χ3v) is 7.03. The Labute approximate surface area is 195 Å². The summed E-state index contributed by atoms with van der Waals surface area (Å²) in [7, 11) is 1.65. The minimum atomic E-state index is 0.430. The third-order valence-electron chi connectivity index (χ3n) is 5.58. The lowest BCUT2D eigenvalue weighted by molar-refractivity contribution is 0.408. The first-order valence-corrected chi connectivity index (χ1v) is 11.3. The molecule has 3 aromatic heterocycles. The van der Waals surface area contributed by atoms with Gasteiger partial charge in [0.25, 0.3) is 5.95 Å². The summed E-state index contributed by atoms with van der Waals surface area (Å²) in [6.45, 7) is 6.65. The molecule has 5 rings (SSSR count). The number of thiophene rings is 1. The second-order valence-electron chi connectivity index (χ2n) is 7.55. The van der Waals surface area contributed by atoms with Gasteiger partial charge in [0.2, 0.25) is 0 Å². The number of nitrogens with zero attached hydrogens (tertiary/aromatic N) is 6. The molecular weight excluding hydrogens is 444 g/mol. The monoisotopic (exact) mass is 464 g/mol. The summed E-state index contributed by atoms with van der Waals surface area (Å²) in [6.07, 6.45) is 3.50. The van der Waals surface area contributed by atoms with Gasteiger partial charge in [-0.3, -0.25) is 9.55 Å². The molecule has 0 bridgehead atoms. The van der Waals surface area contributed by atoms with Crippen molar-refractivity contribution in [1.82, 2.24) is 19.7 Å². The molecule has 0 saturated heterocycles. The van der Waals surface area contributed by atoms with E-state index < -0.39 is 0 Å². The van der Waals surface area contributed by atoms with Gasteiger partial charge in [-0.05, 0) is 44.5 Å². The molecule has 32 heavy (non-hydrogen) atoms. The predicted molar refractivity (Wildman–Crippen MR) is 128 cm³/mol. The molecule has 0 radical (unpaired) electrons. The molecule has 4 heterocycles. The van der Waals surface area contributed by atoms with Crippen molar-refractivity contribution >= 4 is 34.6 Å². The number of aromatic nitrogens is 4. The van der Waals surface area contributed by atoms with Crippen LogP contribution in [0.4, 0.5) is 5.95 Å². The van der Waals surface area contributed by atoms with Crippen molar-refractivity contribution in [1.29, 1.82) is 0 Å².